The number of aryl methyl sites for hydroxylation is 1. The van der Waals surface area contributed by atoms with E-state index in [1.54, 1.807) is 0 Å². The minimum atomic E-state index is -0.863. The van der Waals surface area contributed by atoms with Gasteiger partial charge in [0.1, 0.15) is 11.6 Å². The summed E-state index contributed by atoms with van der Waals surface area (Å²) in [7, 11) is 0. The van der Waals surface area contributed by atoms with Crippen LogP contribution < -0.4 is 5.32 Å². The molecular formula is C14H18ClF2NO. The van der Waals surface area contributed by atoms with Crippen molar-refractivity contribution in [2.75, 3.05) is 5.88 Å². The van der Waals surface area contributed by atoms with Crippen molar-refractivity contribution in [3.63, 3.8) is 0 Å². The van der Waals surface area contributed by atoms with Crippen molar-refractivity contribution in [2.45, 2.75) is 33.2 Å². The van der Waals surface area contributed by atoms with Crippen LogP contribution in [0.3, 0.4) is 0 Å². The number of carbonyl (C=O) groups excluding carboxylic acids is 1. The zero-order chi connectivity index (χ0) is 14.6. The molecule has 5 heteroatoms. The van der Waals surface area contributed by atoms with Crippen molar-refractivity contribution < 1.29 is 13.6 Å². The summed E-state index contributed by atoms with van der Waals surface area (Å²) < 4.78 is 26.7. The largest absolute Gasteiger partial charge is 0.348 e. The van der Waals surface area contributed by atoms with Gasteiger partial charge in [0.05, 0.1) is 5.56 Å². The number of benzene rings is 1. The third-order valence-corrected chi connectivity index (χ3v) is 3.14. The fourth-order valence-corrected chi connectivity index (χ4v) is 2.03. The zero-order valence-electron chi connectivity index (χ0n) is 11.3. The molecule has 1 aromatic carbocycles. The minimum absolute atomic E-state index is 0.155. The second-order valence-corrected chi connectivity index (χ2v) is 5.34. The third kappa shape index (κ3) is 4.46. The molecule has 1 unspecified atom stereocenters. The first kappa shape index (κ1) is 15.9. The molecule has 0 aromatic heterocycles. The second kappa shape index (κ2) is 6.85. The fraction of sp³-hybridized carbons (Fsp3) is 0.500. The average Bonchev–Trinajstić information content (AvgIpc) is 2.32. The van der Waals surface area contributed by atoms with Crippen LogP contribution in [-0.2, 0) is 0 Å². The van der Waals surface area contributed by atoms with Gasteiger partial charge in [0.15, 0.2) is 0 Å². The van der Waals surface area contributed by atoms with Gasteiger partial charge in [-0.3, -0.25) is 4.79 Å². The Bertz CT molecular complexity index is 463. The van der Waals surface area contributed by atoms with Gasteiger partial charge in [-0.1, -0.05) is 13.8 Å². The Morgan fingerprint density at radius 1 is 1.32 bits per heavy atom. The Morgan fingerprint density at radius 2 is 1.95 bits per heavy atom. The third-order valence-electron chi connectivity index (χ3n) is 2.77. The predicted molar refractivity (Wildman–Crippen MR) is 72.5 cm³/mol. The highest BCUT2D eigenvalue weighted by atomic mass is 35.5. The van der Waals surface area contributed by atoms with Gasteiger partial charge in [-0.25, -0.2) is 8.78 Å². The van der Waals surface area contributed by atoms with E-state index in [-0.39, 0.29) is 23.0 Å². The minimum Gasteiger partial charge on any atom is -0.348 e. The summed E-state index contributed by atoms with van der Waals surface area (Å²) in [5.74, 6) is -1.47. The molecule has 1 N–H and O–H groups in total. The van der Waals surface area contributed by atoms with Gasteiger partial charge in [0.2, 0.25) is 0 Å². The lowest BCUT2D eigenvalue weighted by Crippen LogP contribution is -2.37. The molecule has 0 spiro atoms. The van der Waals surface area contributed by atoms with E-state index in [0.717, 1.165) is 6.07 Å². The van der Waals surface area contributed by atoms with Crippen LogP contribution in [0, 0.1) is 24.5 Å². The van der Waals surface area contributed by atoms with Crippen molar-refractivity contribution in [3.05, 3.63) is 34.9 Å². The molecule has 0 aliphatic carbocycles. The van der Waals surface area contributed by atoms with E-state index < -0.39 is 17.5 Å². The van der Waals surface area contributed by atoms with E-state index in [1.165, 1.54) is 13.0 Å². The van der Waals surface area contributed by atoms with Crippen LogP contribution in [0.2, 0.25) is 0 Å². The number of carbonyl (C=O) groups is 1. The molecule has 2 nitrogen and oxygen atoms in total. The summed E-state index contributed by atoms with van der Waals surface area (Å²) in [6.45, 7) is 5.50. The van der Waals surface area contributed by atoms with Crippen LogP contribution in [0.15, 0.2) is 12.1 Å². The molecule has 0 aliphatic rings. The van der Waals surface area contributed by atoms with Gasteiger partial charge >= 0.3 is 0 Å². The molecule has 0 aliphatic heterocycles. The van der Waals surface area contributed by atoms with Crippen molar-refractivity contribution in [2.24, 2.45) is 5.92 Å². The van der Waals surface area contributed by atoms with Crippen molar-refractivity contribution in [3.8, 4) is 0 Å². The molecule has 1 amide bonds. The molecule has 1 atom stereocenters. The topological polar surface area (TPSA) is 29.1 Å². The Hall–Kier alpha value is -1.16. The molecule has 0 saturated carbocycles. The summed E-state index contributed by atoms with van der Waals surface area (Å²) in [5.41, 5.74) is 0.0793. The highest BCUT2D eigenvalue weighted by Gasteiger charge is 2.18. The van der Waals surface area contributed by atoms with Gasteiger partial charge in [-0.2, -0.15) is 0 Å². The second-order valence-electron chi connectivity index (χ2n) is 5.04. The van der Waals surface area contributed by atoms with E-state index in [9.17, 15) is 13.6 Å². The number of amides is 1. The first-order valence-corrected chi connectivity index (χ1v) is 6.71. The number of rotatable bonds is 5. The molecule has 1 aromatic rings. The predicted octanol–water partition coefficient (Wildman–Crippen LogP) is 3.66. The summed E-state index contributed by atoms with van der Waals surface area (Å²) in [5, 5.41) is 2.67. The number of halogens is 3. The SMILES string of the molecule is Cc1cc(C(=O)NC(CCl)CC(C)C)c(F)cc1F. The maximum atomic E-state index is 13.6. The average molecular weight is 290 g/mol. The van der Waals surface area contributed by atoms with E-state index >= 15 is 0 Å². The van der Waals surface area contributed by atoms with Crippen LogP contribution >= 0.6 is 11.6 Å². The van der Waals surface area contributed by atoms with Gasteiger partial charge in [-0.05, 0) is 30.9 Å². The standard InChI is InChI=1S/C14H18ClF2NO/c1-8(2)4-10(7-15)18-14(19)11-5-9(3)12(16)6-13(11)17/h5-6,8,10H,4,7H2,1-3H3,(H,18,19). The van der Waals surface area contributed by atoms with Crippen molar-refractivity contribution >= 4 is 17.5 Å². The number of alkyl halides is 1. The molecule has 0 radical (unpaired) electrons. The summed E-state index contributed by atoms with van der Waals surface area (Å²) in [6.07, 6.45) is 0.705. The van der Waals surface area contributed by atoms with E-state index in [2.05, 4.69) is 5.32 Å². The molecule has 19 heavy (non-hydrogen) atoms. The lowest BCUT2D eigenvalue weighted by atomic mass is 10.0. The molecule has 0 heterocycles. The Morgan fingerprint density at radius 3 is 2.47 bits per heavy atom. The van der Waals surface area contributed by atoms with Crippen LogP contribution in [0.1, 0.15) is 36.2 Å². The lowest BCUT2D eigenvalue weighted by molar-refractivity contribution is 0.0932. The Labute approximate surface area is 117 Å². The highest BCUT2D eigenvalue weighted by Crippen LogP contribution is 2.15. The summed E-state index contributed by atoms with van der Waals surface area (Å²) in [6, 6.07) is 1.71. The normalized spacial score (nSPS) is 12.6. The lowest BCUT2D eigenvalue weighted by Gasteiger charge is -2.18. The quantitative estimate of drug-likeness (QED) is 0.824. The van der Waals surface area contributed by atoms with E-state index in [4.69, 9.17) is 11.6 Å². The molecular weight excluding hydrogens is 272 g/mol. The van der Waals surface area contributed by atoms with Crippen LogP contribution in [0.5, 0.6) is 0 Å². The highest BCUT2D eigenvalue weighted by molar-refractivity contribution is 6.18. The van der Waals surface area contributed by atoms with Crippen molar-refractivity contribution in [1.82, 2.24) is 5.32 Å². The van der Waals surface area contributed by atoms with Gasteiger partial charge in [0.25, 0.3) is 5.91 Å². The van der Waals surface area contributed by atoms with E-state index in [0.29, 0.717) is 12.3 Å². The molecule has 106 valence electrons. The number of hydrogen-bond donors (Lipinski definition) is 1. The zero-order valence-corrected chi connectivity index (χ0v) is 12.0. The van der Waals surface area contributed by atoms with E-state index in [1.807, 2.05) is 13.8 Å². The molecule has 0 fully saturated rings. The van der Waals surface area contributed by atoms with Crippen LogP contribution in [-0.4, -0.2) is 17.8 Å². The number of nitrogens with one attached hydrogen (secondary N) is 1. The smallest absolute Gasteiger partial charge is 0.254 e. The first-order chi connectivity index (χ1) is 8.85. The Balaban J connectivity index is 2.85. The van der Waals surface area contributed by atoms with Gasteiger partial charge in [-0.15, -0.1) is 11.6 Å². The Kier molecular flexibility index (Phi) is 5.73. The van der Waals surface area contributed by atoms with Crippen LogP contribution in [0.4, 0.5) is 8.78 Å². The summed E-state index contributed by atoms with van der Waals surface area (Å²) >= 11 is 5.77. The fourth-order valence-electron chi connectivity index (χ4n) is 1.82. The molecule has 1 rings (SSSR count). The monoisotopic (exact) mass is 289 g/mol. The number of hydrogen-bond acceptors (Lipinski definition) is 1. The first-order valence-electron chi connectivity index (χ1n) is 6.17. The van der Waals surface area contributed by atoms with Crippen LogP contribution in [0.25, 0.3) is 0 Å². The van der Waals surface area contributed by atoms with Gasteiger partial charge in [0, 0.05) is 18.0 Å². The van der Waals surface area contributed by atoms with Gasteiger partial charge < -0.3 is 5.32 Å². The summed E-state index contributed by atoms with van der Waals surface area (Å²) in [4.78, 5) is 11.9. The maximum Gasteiger partial charge on any atom is 0.254 e. The molecule has 0 bridgehead atoms. The van der Waals surface area contributed by atoms with Crippen molar-refractivity contribution in [1.29, 1.82) is 0 Å². The molecule has 0 saturated heterocycles. The maximum absolute atomic E-state index is 13.6.